The molecule has 1 aliphatic carbocycles. The molecule has 218 valence electrons. The molecule has 1 saturated carbocycles. The van der Waals surface area contributed by atoms with Gasteiger partial charge in [-0.15, -0.1) is 0 Å². The second kappa shape index (κ2) is 13.2. The maximum atomic E-state index is 14.7. The number of hydrogen-bond acceptors (Lipinski definition) is 7. The fourth-order valence-corrected chi connectivity index (χ4v) is 6.60. The largest absolute Gasteiger partial charge is 0.390 e. The fourth-order valence-electron chi connectivity index (χ4n) is 5.55. The summed E-state index contributed by atoms with van der Waals surface area (Å²) in [6, 6.07) is 10.4. The maximum absolute atomic E-state index is 14.7. The predicted molar refractivity (Wildman–Crippen MR) is 163 cm³/mol. The van der Waals surface area contributed by atoms with E-state index in [2.05, 4.69) is 86.3 Å². The first-order valence-corrected chi connectivity index (χ1v) is 15.6. The third-order valence-electron chi connectivity index (χ3n) is 7.74. The molecule has 0 bridgehead atoms. The summed E-state index contributed by atoms with van der Waals surface area (Å²) in [5.41, 5.74) is 2.99. The summed E-state index contributed by atoms with van der Waals surface area (Å²) in [6.07, 6.45) is 4.68. The number of nitrogens with one attached hydrogen (secondary N) is 3. The second-order valence-corrected chi connectivity index (χ2v) is 13.2. The van der Waals surface area contributed by atoms with Gasteiger partial charge in [0.2, 0.25) is 9.87 Å². The molecule has 4 rings (SSSR count). The van der Waals surface area contributed by atoms with E-state index in [0.717, 1.165) is 43.3 Å². The Kier molecular flexibility index (Phi) is 10.2. The quantitative estimate of drug-likeness (QED) is 0.179. The van der Waals surface area contributed by atoms with E-state index in [1.165, 1.54) is 23.6 Å². The summed E-state index contributed by atoms with van der Waals surface area (Å²) in [5.74, 6) is -1.30. The first kappa shape index (κ1) is 30.8. The van der Waals surface area contributed by atoms with Crippen LogP contribution >= 0.6 is 27.5 Å². The van der Waals surface area contributed by atoms with Crippen molar-refractivity contribution in [3.63, 3.8) is 0 Å². The van der Waals surface area contributed by atoms with Gasteiger partial charge in [0, 0.05) is 36.2 Å². The van der Waals surface area contributed by atoms with Crippen LogP contribution < -0.4 is 16.0 Å². The third kappa shape index (κ3) is 7.57. The summed E-state index contributed by atoms with van der Waals surface area (Å²) >= 11 is 4.44. The third-order valence-corrected chi connectivity index (χ3v) is 8.98. The number of nitrogens with zero attached hydrogens (tertiary/aromatic N) is 2. The lowest BCUT2D eigenvalue weighted by atomic mass is 9.74. The Morgan fingerprint density at radius 2 is 1.88 bits per heavy atom. The van der Waals surface area contributed by atoms with Crippen LogP contribution in [0.3, 0.4) is 0 Å². The van der Waals surface area contributed by atoms with E-state index in [1.807, 2.05) is 6.92 Å². The molecule has 0 aliphatic heterocycles. The normalized spacial score (nSPS) is 16.9. The number of rotatable bonds is 11. The lowest BCUT2D eigenvalue weighted by Gasteiger charge is -2.41. The van der Waals surface area contributed by atoms with Crippen LogP contribution in [-0.2, 0) is 17.4 Å². The highest BCUT2D eigenvalue weighted by Crippen LogP contribution is 2.39. The highest BCUT2D eigenvalue weighted by Gasteiger charge is 2.35. The highest BCUT2D eigenvalue weighted by molar-refractivity contribution is 9.10. The van der Waals surface area contributed by atoms with Crippen LogP contribution in [0.4, 0.5) is 19.6 Å². The van der Waals surface area contributed by atoms with Crippen molar-refractivity contribution in [3.8, 4) is 0 Å². The van der Waals surface area contributed by atoms with Crippen molar-refractivity contribution in [2.45, 2.75) is 89.3 Å². The lowest BCUT2D eigenvalue weighted by Crippen LogP contribution is -2.51. The average molecular weight is 637 g/mol. The van der Waals surface area contributed by atoms with Gasteiger partial charge in [-0.1, -0.05) is 64.3 Å². The molecular formula is C30H40BrF2N5OS. The SMILES string of the molecule is CCNc1c(F)cc(F)cc1CC(Nc1nc(Br)ns1)C(O)CNC1(c2cccc(C(C)(C)C)c2)CCCCC1. The molecule has 6 nitrogen and oxygen atoms in total. The summed E-state index contributed by atoms with van der Waals surface area (Å²) < 4.78 is 33.6. The van der Waals surface area contributed by atoms with Gasteiger partial charge in [0.25, 0.3) is 0 Å². The van der Waals surface area contributed by atoms with Crippen LogP contribution in [0.15, 0.2) is 41.1 Å². The average Bonchev–Trinajstić information content (AvgIpc) is 3.33. The van der Waals surface area contributed by atoms with Crippen LogP contribution in [0.25, 0.3) is 0 Å². The lowest BCUT2D eigenvalue weighted by molar-refractivity contribution is 0.122. The van der Waals surface area contributed by atoms with Gasteiger partial charge in [-0.05, 0) is 70.3 Å². The number of benzene rings is 2. The molecule has 2 unspecified atom stereocenters. The zero-order chi connectivity index (χ0) is 28.9. The molecule has 2 aromatic carbocycles. The van der Waals surface area contributed by atoms with E-state index < -0.39 is 23.8 Å². The van der Waals surface area contributed by atoms with E-state index in [4.69, 9.17) is 0 Å². The zero-order valence-corrected chi connectivity index (χ0v) is 26.1. The molecule has 0 spiro atoms. The predicted octanol–water partition coefficient (Wildman–Crippen LogP) is 7.14. The molecule has 2 atom stereocenters. The number of halogens is 3. The number of aliphatic hydroxyl groups excluding tert-OH is 1. The van der Waals surface area contributed by atoms with Gasteiger partial charge in [-0.25, -0.2) is 8.78 Å². The first-order chi connectivity index (χ1) is 19.0. The van der Waals surface area contributed by atoms with Gasteiger partial charge in [0.1, 0.15) is 11.6 Å². The maximum Gasteiger partial charge on any atom is 0.210 e. The molecule has 4 N–H and O–H groups in total. The molecule has 0 amide bonds. The standard InChI is InChI=1S/C30H40BrF2N5OS/c1-5-34-26-19(14-22(32)17-23(26)33)15-24(36-28-37-27(31)38-40-28)25(39)18-35-30(12-7-6-8-13-30)21-11-9-10-20(16-21)29(2,3)4/h9-11,14,16-17,24-25,34-35,39H,5-8,12-13,15,18H2,1-4H3,(H,36,37,38). The number of aliphatic hydroxyl groups is 1. The van der Waals surface area contributed by atoms with E-state index in [9.17, 15) is 13.9 Å². The van der Waals surface area contributed by atoms with E-state index in [0.29, 0.717) is 28.5 Å². The smallest absolute Gasteiger partial charge is 0.210 e. The summed E-state index contributed by atoms with van der Waals surface area (Å²) in [5, 5.41) is 22.1. The molecule has 1 heterocycles. The first-order valence-electron chi connectivity index (χ1n) is 14.0. The van der Waals surface area contributed by atoms with Crippen molar-refractivity contribution in [2.75, 3.05) is 23.7 Å². The van der Waals surface area contributed by atoms with Gasteiger partial charge in [-0.2, -0.15) is 9.36 Å². The number of hydrogen-bond donors (Lipinski definition) is 4. The minimum absolute atomic E-state index is 0.0286. The summed E-state index contributed by atoms with van der Waals surface area (Å²) in [6.45, 7) is 9.29. The van der Waals surface area contributed by atoms with Crippen LogP contribution in [0.1, 0.15) is 76.5 Å². The Morgan fingerprint density at radius 1 is 1.12 bits per heavy atom. The van der Waals surface area contributed by atoms with Crippen LogP contribution in [0, 0.1) is 11.6 Å². The molecule has 3 aromatic rings. The van der Waals surface area contributed by atoms with Crippen molar-refractivity contribution in [2.24, 2.45) is 0 Å². The van der Waals surface area contributed by atoms with Gasteiger partial charge in [0.05, 0.1) is 17.8 Å². The minimum Gasteiger partial charge on any atom is -0.390 e. The van der Waals surface area contributed by atoms with Crippen molar-refractivity contribution in [3.05, 3.63) is 69.5 Å². The Morgan fingerprint density at radius 3 is 2.52 bits per heavy atom. The minimum atomic E-state index is -0.881. The van der Waals surface area contributed by atoms with Gasteiger partial charge >= 0.3 is 0 Å². The van der Waals surface area contributed by atoms with Gasteiger partial charge < -0.3 is 21.1 Å². The number of aromatic nitrogens is 2. The van der Waals surface area contributed by atoms with Crippen LogP contribution in [0.5, 0.6) is 0 Å². The molecule has 1 aromatic heterocycles. The topological polar surface area (TPSA) is 82.1 Å². The molecule has 0 saturated heterocycles. The number of anilines is 2. The zero-order valence-electron chi connectivity index (χ0n) is 23.7. The molecule has 1 fully saturated rings. The monoisotopic (exact) mass is 635 g/mol. The molecular weight excluding hydrogens is 596 g/mol. The van der Waals surface area contributed by atoms with Crippen LogP contribution in [-0.4, -0.2) is 39.7 Å². The Balaban J connectivity index is 1.61. The molecule has 40 heavy (non-hydrogen) atoms. The van der Waals surface area contributed by atoms with Crippen molar-refractivity contribution < 1.29 is 13.9 Å². The summed E-state index contributed by atoms with van der Waals surface area (Å²) in [7, 11) is 0. The van der Waals surface area contributed by atoms with Crippen molar-refractivity contribution in [1.82, 2.24) is 14.7 Å². The second-order valence-electron chi connectivity index (χ2n) is 11.7. The Labute approximate surface area is 248 Å². The van der Waals surface area contributed by atoms with E-state index in [-0.39, 0.29) is 23.1 Å². The van der Waals surface area contributed by atoms with Crippen molar-refractivity contribution >= 4 is 38.3 Å². The Hall–Kier alpha value is -2.14. The van der Waals surface area contributed by atoms with Crippen LogP contribution in [0.2, 0.25) is 0 Å². The van der Waals surface area contributed by atoms with E-state index in [1.54, 1.807) is 0 Å². The fraction of sp³-hybridized carbons (Fsp3) is 0.533. The van der Waals surface area contributed by atoms with Gasteiger partial charge in [0.15, 0.2) is 0 Å². The summed E-state index contributed by atoms with van der Waals surface area (Å²) in [4.78, 5) is 4.33. The molecule has 10 heteroatoms. The van der Waals surface area contributed by atoms with Crippen molar-refractivity contribution in [1.29, 1.82) is 0 Å². The molecule has 0 radical (unpaired) electrons. The Bertz CT molecular complexity index is 1280. The van der Waals surface area contributed by atoms with Gasteiger partial charge in [-0.3, -0.25) is 0 Å². The highest BCUT2D eigenvalue weighted by atomic mass is 79.9. The molecule has 1 aliphatic rings. The van der Waals surface area contributed by atoms with E-state index >= 15 is 0 Å².